The number of ether oxygens (including phenoxy) is 2. The SMILES string of the molecule is N#Cc1cc(S(N)(=O)=O)cnc1OCCC1CCCOC1. The minimum Gasteiger partial charge on any atom is -0.477 e. The lowest BCUT2D eigenvalue weighted by atomic mass is 9.99. The first kappa shape index (κ1) is 15.7. The van der Waals surface area contributed by atoms with E-state index in [0.29, 0.717) is 12.5 Å². The molecule has 1 aliphatic heterocycles. The predicted octanol–water partition coefficient (Wildman–Crippen LogP) is 0.796. The Morgan fingerprint density at radius 2 is 2.38 bits per heavy atom. The Hall–Kier alpha value is -1.69. The molecule has 21 heavy (non-hydrogen) atoms. The first-order valence-corrected chi connectivity index (χ1v) is 8.19. The summed E-state index contributed by atoms with van der Waals surface area (Å²) >= 11 is 0. The molecule has 0 aliphatic carbocycles. The van der Waals surface area contributed by atoms with Crippen LogP contribution in [0.4, 0.5) is 0 Å². The quantitative estimate of drug-likeness (QED) is 0.859. The van der Waals surface area contributed by atoms with Crippen LogP contribution in [0.2, 0.25) is 0 Å². The van der Waals surface area contributed by atoms with Crippen molar-refractivity contribution in [2.24, 2.45) is 11.1 Å². The van der Waals surface area contributed by atoms with Crippen LogP contribution in [0, 0.1) is 17.2 Å². The molecule has 7 nitrogen and oxygen atoms in total. The zero-order valence-electron chi connectivity index (χ0n) is 11.5. The summed E-state index contributed by atoms with van der Waals surface area (Å²) in [6.45, 7) is 1.95. The van der Waals surface area contributed by atoms with E-state index in [-0.39, 0.29) is 16.3 Å². The van der Waals surface area contributed by atoms with Crippen molar-refractivity contribution in [3.63, 3.8) is 0 Å². The predicted molar refractivity (Wildman–Crippen MR) is 74.0 cm³/mol. The van der Waals surface area contributed by atoms with Crippen LogP contribution in [0.25, 0.3) is 0 Å². The summed E-state index contributed by atoms with van der Waals surface area (Å²) < 4.78 is 33.3. The average Bonchev–Trinajstić information content (AvgIpc) is 2.47. The van der Waals surface area contributed by atoms with Gasteiger partial charge in [0.1, 0.15) is 16.5 Å². The molecule has 1 aromatic rings. The number of nitrogens with zero attached hydrogens (tertiary/aromatic N) is 2. The van der Waals surface area contributed by atoms with E-state index in [2.05, 4.69) is 4.98 Å². The van der Waals surface area contributed by atoms with E-state index in [1.807, 2.05) is 6.07 Å². The van der Waals surface area contributed by atoms with E-state index in [1.165, 1.54) is 6.07 Å². The second kappa shape index (κ2) is 6.85. The molecule has 1 saturated heterocycles. The lowest BCUT2D eigenvalue weighted by Crippen LogP contribution is -2.19. The van der Waals surface area contributed by atoms with Gasteiger partial charge in [0.15, 0.2) is 0 Å². The minimum absolute atomic E-state index is 0.0569. The topological polar surface area (TPSA) is 115 Å². The number of primary sulfonamides is 1. The van der Waals surface area contributed by atoms with Crippen LogP contribution >= 0.6 is 0 Å². The molecule has 2 heterocycles. The Balaban J connectivity index is 1.98. The maximum Gasteiger partial charge on any atom is 0.239 e. The number of pyridine rings is 1. The molecule has 8 heteroatoms. The van der Waals surface area contributed by atoms with Crippen molar-refractivity contribution in [1.29, 1.82) is 5.26 Å². The molecular weight excluding hydrogens is 294 g/mol. The van der Waals surface area contributed by atoms with E-state index >= 15 is 0 Å². The third-order valence-corrected chi connectivity index (χ3v) is 4.17. The Labute approximate surface area is 123 Å². The molecule has 1 aromatic heterocycles. The Morgan fingerprint density at radius 3 is 3.00 bits per heavy atom. The van der Waals surface area contributed by atoms with E-state index in [1.54, 1.807) is 0 Å². The normalized spacial score (nSPS) is 19.0. The van der Waals surface area contributed by atoms with Crippen molar-refractivity contribution in [2.45, 2.75) is 24.2 Å². The summed E-state index contributed by atoms with van der Waals surface area (Å²) in [7, 11) is -3.88. The molecule has 114 valence electrons. The van der Waals surface area contributed by atoms with Gasteiger partial charge >= 0.3 is 0 Å². The van der Waals surface area contributed by atoms with Gasteiger partial charge in [-0.2, -0.15) is 5.26 Å². The van der Waals surface area contributed by atoms with E-state index in [0.717, 1.165) is 38.7 Å². The van der Waals surface area contributed by atoms with Gasteiger partial charge in [-0.05, 0) is 31.2 Å². The van der Waals surface area contributed by atoms with E-state index in [9.17, 15) is 8.42 Å². The molecule has 0 spiro atoms. The number of nitriles is 1. The molecule has 0 aromatic carbocycles. The Kier molecular flexibility index (Phi) is 5.12. The molecule has 2 rings (SSSR count). The summed E-state index contributed by atoms with van der Waals surface area (Å²) in [5.74, 6) is 0.578. The minimum atomic E-state index is -3.88. The highest BCUT2D eigenvalue weighted by atomic mass is 32.2. The second-order valence-electron chi connectivity index (χ2n) is 4.90. The van der Waals surface area contributed by atoms with Gasteiger partial charge in [-0.15, -0.1) is 0 Å². The van der Waals surface area contributed by atoms with Crippen LogP contribution < -0.4 is 9.88 Å². The lowest BCUT2D eigenvalue weighted by molar-refractivity contribution is 0.0459. The number of nitrogens with two attached hydrogens (primary N) is 1. The number of aromatic nitrogens is 1. The first-order chi connectivity index (χ1) is 10.0. The molecule has 0 amide bonds. The Morgan fingerprint density at radius 1 is 1.57 bits per heavy atom. The summed E-state index contributed by atoms with van der Waals surface area (Å²) in [5, 5.41) is 14.0. The standard InChI is InChI=1S/C13H17N3O4S/c14-7-11-6-12(21(15,17)18)8-16-13(11)20-5-3-10-2-1-4-19-9-10/h6,8,10H,1-5,9H2,(H2,15,17,18). The molecule has 1 atom stereocenters. The molecule has 2 N–H and O–H groups in total. The van der Waals surface area contributed by atoms with Crippen LogP contribution in [0.1, 0.15) is 24.8 Å². The highest BCUT2D eigenvalue weighted by molar-refractivity contribution is 7.89. The highest BCUT2D eigenvalue weighted by Gasteiger charge is 2.16. The van der Waals surface area contributed by atoms with Crippen molar-refractivity contribution >= 4 is 10.0 Å². The maximum atomic E-state index is 11.2. The van der Waals surface area contributed by atoms with Crippen molar-refractivity contribution in [3.05, 3.63) is 17.8 Å². The summed E-state index contributed by atoms with van der Waals surface area (Å²) in [4.78, 5) is 3.66. The van der Waals surface area contributed by atoms with Gasteiger partial charge in [0, 0.05) is 13.2 Å². The monoisotopic (exact) mass is 311 g/mol. The fourth-order valence-corrected chi connectivity index (χ4v) is 2.62. The van der Waals surface area contributed by atoms with Gasteiger partial charge in [-0.1, -0.05) is 0 Å². The fourth-order valence-electron chi connectivity index (χ4n) is 2.14. The van der Waals surface area contributed by atoms with Gasteiger partial charge in [-0.25, -0.2) is 18.5 Å². The zero-order chi connectivity index (χ0) is 15.3. The van der Waals surface area contributed by atoms with Crippen LogP contribution in [0.5, 0.6) is 5.88 Å². The largest absolute Gasteiger partial charge is 0.477 e. The molecule has 0 saturated carbocycles. The summed E-state index contributed by atoms with van der Waals surface area (Å²) in [5.41, 5.74) is 0.0569. The maximum absolute atomic E-state index is 11.2. The van der Waals surface area contributed by atoms with Crippen molar-refractivity contribution < 1.29 is 17.9 Å². The lowest BCUT2D eigenvalue weighted by Gasteiger charge is -2.21. The second-order valence-corrected chi connectivity index (χ2v) is 6.46. The van der Waals surface area contributed by atoms with Gasteiger partial charge in [0.2, 0.25) is 15.9 Å². The summed E-state index contributed by atoms with van der Waals surface area (Å²) in [6.07, 6.45) is 4.06. The highest BCUT2D eigenvalue weighted by Crippen LogP contribution is 2.20. The van der Waals surface area contributed by atoms with Crippen LogP contribution in [-0.4, -0.2) is 33.2 Å². The molecular formula is C13H17N3O4S. The van der Waals surface area contributed by atoms with Crippen molar-refractivity contribution in [2.75, 3.05) is 19.8 Å². The number of hydrogen-bond donors (Lipinski definition) is 1. The fraction of sp³-hybridized carbons (Fsp3) is 0.538. The smallest absolute Gasteiger partial charge is 0.239 e. The van der Waals surface area contributed by atoms with Crippen molar-refractivity contribution in [1.82, 2.24) is 4.98 Å². The van der Waals surface area contributed by atoms with Gasteiger partial charge in [0.05, 0.1) is 12.8 Å². The average molecular weight is 311 g/mol. The van der Waals surface area contributed by atoms with Crippen molar-refractivity contribution in [3.8, 4) is 11.9 Å². The van der Waals surface area contributed by atoms with Crippen LogP contribution in [0.15, 0.2) is 17.2 Å². The van der Waals surface area contributed by atoms with Gasteiger partial charge in [-0.3, -0.25) is 0 Å². The third kappa shape index (κ3) is 4.39. The molecule has 0 radical (unpaired) electrons. The first-order valence-electron chi connectivity index (χ1n) is 6.64. The van der Waals surface area contributed by atoms with Gasteiger partial charge in [0.25, 0.3) is 0 Å². The zero-order valence-corrected chi connectivity index (χ0v) is 12.3. The number of rotatable bonds is 5. The van der Waals surface area contributed by atoms with E-state index in [4.69, 9.17) is 19.9 Å². The molecule has 1 fully saturated rings. The molecule has 1 aliphatic rings. The number of sulfonamides is 1. The Bertz CT molecular complexity index is 633. The number of hydrogen-bond acceptors (Lipinski definition) is 6. The molecule has 1 unspecified atom stereocenters. The molecule has 0 bridgehead atoms. The van der Waals surface area contributed by atoms with Gasteiger partial charge < -0.3 is 9.47 Å². The third-order valence-electron chi connectivity index (χ3n) is 3.29. The van der Waals surface area contributed by atoms with Crippen LogP contribution in [0.3, 0.4) is 0 Å². The van der Waals surface area contributed by atoms with E-state index < -0.39 is 10.0 Å². The van der Waals surface area contributed by atoms with Crippen LogP contribution in [-0.2, 0) is 14.8 Å². The summed E-state index contributed by atoms with van der Waals surface area (Å²) in [6, 6.07) is 3.03.